The van der Waals surface area contributed by atoms with Crippen LogP contribution in [-0.4, -0.2) is 216 Å². The molecule has 6 fully saturated rings. The van der Waals surface area contributed by atoms with Crippen molar-refractivity contribution in [3.8, 4) is 0 Å². The van der Waals surface area contributed by atoms with Gasteiger partial charge in [0.05, 0.1) is 118 Å². The predicted octanol–water partition coefficient (Wildman–Crippen LogP) is 27.6. The Hall–Kier alpha value is -0.277. The van der Waals surface area contributed by atoms with E-state index in [1.165, 1.54) is 314 Å². The molecular weight excluding hydrogens is 2230 g/mol. The van der Waals surface area contributed by atoms with E-state index in [0.29, 0.717) is 73.2 Å². The van der Waals surface area contributed by atoms with Gasteiger partial charge in [-0.05, 0) is 339 Å². The molecule has 6 aliphatic heterocycles. The molecule has 6 atom stereocenters. The van der Waals surface area contributed by atoms with Crippen LogP contribution in [0.2, 0.25) is 0 Å². The molecule has 144 heavy (non-hydrogen) atoms. The van der Waals surface area contributed by atoms with Gasteiger partial charge in [-0.1, -0.05) is 191 Å². The average Bonchev–Trinajstić information content (AvgIpc) is 0.812. The molecule has 0 saturated carbocycles. The quantitative estimate of drug-likeness (QED) is 0.0354. The molecule has 12 nitrogen and oxygen atoms in total. The van der Waals surface area contributed by atoms with E-state index in [9.17, 15) is 28.8 Å². The fourth-order valence-electron chi connectivity index (χ4n) is 27.1. The van der Waals surface area contributed by atoms with E-state index in [4.69, 9.17) is 0 Å². The number of nitrogens with zero attached hydrogens (tertiary/aromatic N) is 6. The van der Waals surface area contributed by atoms with Crippen LogP contribution in [0.25, 0.3) is 0 Å². The summed E-state index contributed by atoms with van der Waals surface area (Å²) in [6, 6.07) is 39.3. The molecule has 786 valence electrons. The number of ketones is 6. The molecule has 6 heterocycles. The van der Waals surface area contributed by atoms with Crippen LogP contribution in [0.4, 0.5) is 0 Å². The number of aryl methyl sites for hydroxylation is 12. The van der Waals surface area contributed by atoms with Crippen molar-refractivity contribution < 1.29 is 252 Å². The van der Waals surface area contributed by atoms with Gasteiger partial charge in [-0.25, -0.2) is 0 Å². The van der Waals surface area contributed by atoms with Crippen molar-refractivity contribution in [3.05, 3.63) is 209 Å². The fraction of sp³-hybridized carbons (Fsp3) is 0.667. The van der Waals surface area contributed by atoms with Crippen molar-refractivity contribution >= 4 is 34.7 Å². The van der Waals surface area contributed by atoms with Gasteiger partial charge in [-0.3, -0.25) is 28.8 Å². The Labute approximate surface area is 1030 Å². The summed E-state index contributed by atoms with van der Waals surface area (Å²) in [6.07, 6.45) is 40.0. The summed E-state index contributed by atoms with van der Waals surface area (Å²) in [4.78, 5) is 79.4. The minimum absolute atomic E-state index is 0. The number of carbonyl (C=O) groups excluding carboxylic acids is 6. The molecule has 18 heteroatoms. The summed E-state index contributed by atoms with van der Waals surface area (Å²) < 4.78 is 6.27. The summed E-state index contributed by atoms with van der Waals surface area (Å²) in [6.45, 7) is 73.6. The number of hydrogen-bond acceptors (Lipinski definition) is 6. The first-order chi connectivity index (χ1) is 66.2. The Kier molecular flexibility index (Phi) is 72.2. The maximum Gasteiger partial charge on any atom is 0.194 e. The van der Waals surface area contributed by atoms with E-state index in [1.54, 1.807) is 0 Å². The molecule has 6 aromatic rings. The number of hydrogen-bond donors (Lipinski definition) is 0. The molecule has 6 aromatic carbocycles. The topological polar surface area (TPSA) is 102 Å². The van der Waals surface area contributed by atoms with Crippen LogP contribution in [0.15, 0.2) is 109 Å². The summed E-state index contributed by atoms with van der Waals surface area (Å²) in [5, 5.41) is 0. The van der Waals surface area contributed by atoms with Crippen molar-refractivity contribution in [3.63, 3.8) is 0 Å². The van der Waals surface area contributed by atoms with Crippen molar-refractivity contribution in [2.75, 3.05) is 118 Å². The zero-order chi connectivity index (χ0) is 101. The van der Waals surface area contributed by atoms with Crippen LogP contribution in [-0.2, 0) is 264 Å². The molecule has 0 amide bonds. The average molecular weight is 2430 g/mol. The molecule has 6 aliphatic rings. The van der Waals surface area contributed by atoms with Crippen LogP contribution in [0.1, 0.15) is 376 Å². The first kappa shape index (κ1) is 142. The molecule has 6 saturated heterocycles. The fourth-order valence-corrected chi connectivity index (χ4v) is 27.1. The predicted molar refractivity (Wildman–Crippen MR) is 586 cm³/mol. The van der Waals surface area contributed by atoms with Crippen LogP contribution < -0.4 is 0 Å². The summed E-state index contributed by atoms with van der Waals surface area (Å²) in [5.74, 6) is 2.77. The Morgan fingerprint density at radius 2 is 0.326 bits per heavy atom. The normalized spacial score (nSPS) is 17.8. The van der Waals surface area contributed by atoms with E-state index >= 15 is 0 Å². The standard InChI is InChI=1S/6C21H34NO.6Y/c3*1-5-13-22(14-8-7-9-15-22)20(6-2)21(23)16-19-17(3)11-10-12-18(19)4;3*1-5-11-20(22(6-2)14-8-7-9-15-22)21(23)16-19-17(3)12-10-13-18(19)4;;;;;;/h3*10-12,20H,5-9,13-16H2,1-4H3;3*10,12-13,20H,5-9,11,14-16H2,1-4H3;;;;;;/q6*+1;;;;;;/t2*20-;;2*20-;;;;;;;/m10.10......./s1. The van der Waals surface area contributed by atoms with Crippen molar-refractivity contribution in [2.24, 2.45) is 0 Å². The summed E-state index contributed by atoms with van der Waals surface area (Å²) in [7, 11) is 0. The van der Waals surface area contributed by atoms with Gasteiger partial charge in [0, 0.05) is 273 Å². The van der Waals surface area contributed by atoms with E-state index in [0.717, 1.165) is 124 Å². The Balaban J connectivity index is 0.000000857. The molecule has 0 aromatic heterocycles. The molecule has 0 bridgehead atoms. The van der Waals surface area contributed by atoms with Crippen molar-refractivity contribution in [1.29, 1.82) is 0 Å². The molecular formula is C126H204N6O6Y6+6. The van der Waals surface area contributed by atoms with Gasteiger partial charge in [-0.2, -0.15) is 0 Å². The SMILES string of the molecule is CCCC(C(=O)Cc1c(C)cccc1C)[N+]1(CC)CCCCC1.CCC[C@@H](C(=O)Cc1c(C)cccc1C)[N+]1(CC)CCCCC1.CCC[C@H](C(=O)Cc1c(C)cccc1C)[N+]1(CC)CCCCC1.CCC[N+]1(C(CC)C(=O)Cc2c(C)cccc2C)CCCCC1.CCC[N+]1([C@@H](CC)C(=O)Cc2c(C)cccc2C)CCCCC1.CCC[N+]1([C@H](CC)C(=O)Cc2c(C)cccc2C)CCCCC1.[Y].[Y].[Y].[Y].[Y].[Y]. The van der Waals surface area contributed by atoms with Gasteiger partial charge in [0.1, 0.15) is 36.3 Å². The van der Waals surface area contributed by atoms with Gasteiger partial charge < -0.3 is 26.9 Å². The monoisotopic (exact) mass is 2430 g/mol. The number of quaternary nitrogens is 6. The number of Topliss-reactive ketones (excluding diaryl/α,β-unsaturated/α-hetero) is 6. The molecule has 12 rings (SSSR count). The van der Waals surface area contributed by atoms with Gasteiger partial charge in [0.25, 0.3) is 0 Å². The Bertz CT molecular complexity index is 4120. The third kappa shape index (κ3) is 40.4. The first-order valence-corrected chi connectivity index (χ1v) is 56.8. The van der Waals surface area contributed by atoms with Crippen LogP contribution in [0, 0.1) is 83.1 Å². The smallest absolute Gasteiger partial charge is 0.194 e. The largest absolute Gasteiger partial charge is 0.315 e. The Morgan fingerprint density at radius 1 is 0.194 bits per heavy atom. The molecule has 6 radical (unpaired) electrons. The number of carbonyl (C=O) groups is 6. The second-order valence-corrected chi connectivity index (χ2v) is 44.2. The zero-order valence-corrected chi connectivity index (χ0v) is 114. The van der Waals surface area contributed by atoms with E-state index in [2.05, 4.69) is 275 Å². The molecule has 2 unspecified atom stereocenters. The van der Waals surface area contributed by atoms with Crippen LogP contribution in [0.3, 0.4) is 0 Å². The van der Waals surface area contributed by atoms with E-state index < -0.39 is 0 Å². The second kappa shape index (κ2) is 73.3. The van der Waals surface area contributed by atoms with Crippen LogP contribution >= 0.6 is 0 Å². The number of benzene rings is 6. The van der Waals surface area contributed by atoms with Gasteiger partial charge >= 0.3 is 0 Å². The summed E-state index contributed by atoms with van der Waals surface area (Å²) >= 11 is 0. The maximum absolute atomic E-state index is 13.3. The van der Waals surface area contributed by atoms with Gasteiger partial charge in [-0.15, -0.1) is 0 Å². The van der Waals surface area contributed by atoms with E-state index in [-0.39, 0.29) is 233 Å². The van der Waals surface area contributed by atoms with E-state index in [1.807, 2.05) is 0 Å². The summed E-state index contributed by atoms with van der Waals surface area (Å²) in [5.41, 5.74) is 22.6. The van der Waals surface area contributed by atoms with Crippen molar-refractivity contribution in [2.45, 2.75) is 434 Å². The third-order valence-electron chi connectivity index (χ3n) is 35.2. The second-order valence-electron chi connectivity index (χ2n) is 44.2. The first-order valence-electron chi connectivity index (χ1n) is 56.8. The maximum atomic E-state index is 13.3. The van der Waals surface area contributed by atoms with Gasteiger partial charge in [0.15, 0.2) is 34.7 Å². The number of rotatable bonds is 42. The minimum Gasteiger partial charge on any atom is -0.315 e. The molecule has 0 aliphatic carbocycles. The molecule has 0 spiro atoms. The number of likely N-dealkylation sites (N-methyl/N-ethyl adjacent to an activating group) is 3. The number of likely N-dealkylation sites (tertiary alicyclic amines) is 6. The van der Waals surface area contributed by atoms with Gasteiger partial charge in [0.2, 0.25) is 0 Å². The van der Waals surface area contributed by atoms with Crippen LogP contribution in [0.5, 0.6) is 0 Å². The zero-order valence-electron chi connectivity index (χ0n) is 96.6. The third-order valence-corrected chi connectivity index (χ3v) is 35.2. The molecule has 0 N–H and O–H groups in total. The minimum atomic E-state index is 0. The van der Waals surface area contributed by atoms with Crippen molar-refractivity contribution in [1.82, 2.24) is 0 Å². The Morgan fingerprint density at radius 3 is 0.444 bits per heavy atom. The number of piperidine rings is 6.